The van der Waals surface area contributed by atoms with Crippen LogP contribution in [0.15, 0.2) is 24.0 Å². The number of nitrogens with one attached hydrogen (secondary N) is 1. The smallest absolute Gasteiger partial charge is 0.284 e. The molecule has 0 saturated heterocycles. The molecule has 1 rings (SSSR count). The molecule has 5 heteroatoms. The van der Waals surface area contributed by atoms with Gasteiger partial charge in [0, 0.05) is 6.08 Å². The first kappa shape index (κ1) is 7.14. The Morgan fingerprint density at radius 3 is 2.70 bits per heavy atom. The van der Waals surface area contributed by atoms with Gasteiger partial charge in [0.25, 0.3) is 5.70 Å². The van der Waals surface area contributed by atoms with Crippen LogP contribution in [0, 0.1) is 15.5 Å². The van der Waals surface area contributed by atoms with E-state index in [1.54, 1.807) is 0 Å². The topological polar surface area (TPSA) is 55.2 Å². The van der Waals surface area contributed by atoms with Crippen LogP contribution in [0.2, 0.25) is 0 Å². The van der Waals surface area contributed by atoms with Crippen molar-refractivity contribution in [3.05, 3.63) is 39.5 Å². The Bertz CT molecular complexity index is 212. The van der Waals surface area contributed by atoms with Gasteiger partial charge in [-0.15, -0.1) is 12.6 Å². The van der Waals surface area contributed by atoms with Crippen LogP contribution in [0.4, 0.5) is 0 Å². The van der Waals surface area contributed by atoms with Gasteiger partial charge in [0.1, 0.15) is 5.37 Å². The highest BCUT2D eigenvalue weighted by Gasteiger charge is 2.11. The lowest BCUT2D eigenvalue weighted by Gasteiger charge is -2.06. The van der Waals surface area contributed by atoms with Crippen LogP contribution in [0.25, 0.3) is 0 Å². The summed E-state index contributed by atoms with van der Waals surface area (Å²) in [6.07, 6.45) is 4.21. The van der Waals surface area contributed by atoms with E-state index in [2.05, 4.69) is 17.9 Å². The molecule has 0 aromatic rings. The second kappa shape index (κ2) is 2.74. The van der Waals surface area contributed by atoms with Gasteiger partial charge in [0.15, 0.2) is 0 Å². The minimum atomic E-state index is -0.469. The first-order valence-electron chi connectivity index (χ1n) is 2.55. The molecule has 1 heterocycles. The molecule has 1 radical (unpaired) electrons. The highest BCUT2D eigenvalue weighted by molar-refractivity contribution is 7.83. The first-order chi connectivity index (χ1) is 4.70. The molecule has 0 aliphatic carbocycles. The summed E-state index contributed by atoms with van der Waals surface area (Å²) < 4.78 is 0. The zero-order valence-electron chi connectivity index (χ0n) is 4.94. The van der Waals surface area contributed by atoms with Gasteiger partial charge >= 0.3 is 0 Å². The number of nitro groups is 1. The van der Waals surface area contributed by atoms with Gasteiger partial charge in [-0.25, -0.2) is 0 Å². The molecule has 1 aliphatic rings. The molecule has 53 valence electrons. The molecular weight excluding hydrogens is 152 g/mol. The van der Waals surface area contributed by atoms with Gasteiger partial charge in [-0.1, -0.05) is 0 Å². The highest BCUT2D eigenvalue weighted by Crippen LogP contribution is 2.11. The Morgan fingerprint density at radius 2 is 2.30 bits per heavy atom. The maximum atomic E-state index is 10.1. The third-order valence-electron chi connectivity index (χ3n) is 0.991. The second-order valence-corrected chi connectivity index (χ2v) is 2.17. The summed E-state index contributed by atoms with van der Waals surface area (Å²) in [7, 11) is 0. The van der Waals surface area contributed by atoms with Crippen molar-refractivity contribution in [3.63, 3.8) is 0 Å². The first-order valence-corrected chi connectivity index (χ1v) is 3.00. The van der Waals surface area contributed by atoms with Gasteiger partial charge in [-0.05, 0) is 6.08 Å². The third-order valence-corrected chi connectivity index (χ3v) is 1.27. The van der Waals surface area contributed by atoms with Crippen LogP contribution < -0.4 is 5.32 Å². The van der Waals surface area contributed by atoms with Crippen LogP contribution >= 0.6 is 12.6 Å². The molecule has 0 bridgehead atoms. The molecule has 4 nitrogen and oxygen atoms in total. The van der Waals surface area contributed by atoms with Crippen LogP contribution in [-0.2, 0) is 0 Å². The lowest BCUT2D eigenvalue weighted by Crippen LogP contribution is -2.13. The summed E-state index contributed by atoms with van der Waals surface area (Å²) in [6.45, 7) is 0. The maximum absolute atomic E-state index is 10.1. The van der Waals surface area contributed by atoms with Gasteiger partial charge in [0.05, 0.1) is 11.1 Å². The van der Waals surface area contributed by atoms with Crippen molar-refractivity contribution in [1.82, 2.24) is 5.32 Å². The van der Waals surface area contributed by atoms with Crippen molar-refractivity contribution in [2.45, 2.75) is 0 Å². The van der Waals surface area contributed by atoms with Crippen molar-refractivity contribution in [2.75, 3.05) is 0 Å². The van der Waals surface area contributed by atoms with E-state index >= 15 is 0 Å². The molecule has 0 aromatic heterocycles. The second-order valence-electron chi connectivity index (χ2n) is 1.69. The van der Waals surface area contributed by atoms with E-state index in [0.717, 1.165) is 0 Å². The van der Waals surface area contributed by atoms with Crippen LogP contribution in [-0.4, -0.2) is 4.92 Å². The molecule has 0 aromatic carbocycles. The monoisotopic (exact) mass is 157 g/mol. The van der Waals surface area contributed by atoms with E-state index < -0.39 is 4.92 Å². The molecule has 0 unspecified atom stereocenters. The number of hydrogen-bond donors (Lipinski definition) is 2. The Morgan fingerprint density at radius 1 is 1.60 bits per heavy atom. The fourth-order valence-electron chi connectivity index (χ4n) is 0.522. The normalized spacial score (nSPS) is 17.9. The summed E-state index contributed by atoms with van der Waals surface area (Å²) in [5.41, 5.74) is 0.0396. The molecule has 0 saturated carbocycles. The van der Waals surface area contributed by atoms with Gasteiger partial charge in [0.2, 0.25) is 0 Å². The average molecular weight is 157 g/mol. The number of dihydropyridines is 1. The summed E-state index contributed by atoms with van der Waals surface area (Å²) in [6, 6.07) is 0. The lowest BCUT2D eigenvalue weighted by molar-refractivity contribution is -0.419. The standard InChI is InChI=1S/C5H5N2O2S/c8-7(9)4-1-2-5(10)6-3-4/h1-3,6,10H. The fourth-order valence-corrected chi connectivity index (χ4v) is 0.661. The molecular formula is C5H5N2O2S. The van der Waals surface area contributed by atoms with E-state index in [4.69, 9.17) is 0 Å². The van der Waals surface area contributed by atoms with Gasteiger partial charge in [-0.3, -0.25) is 10.1 Å². The van der Waals surface area contributed by atoms with E-state index in [0.29, 0.717) is 5.37 Å². The van der Waals surface area contributed by atoms with E-state index in [-0.39, 0.29) is 5.70 Å². The molecule has 1 N–H and O–H groups in total. The largest absolute Gasteiger partial charge is 0.365 e. The van der Waals surface area contributed by atoms with Crippen LogP contribution in [0.1, 0.15) is 0 Å². The minimum absolute atomic E-state index is 0.0396. The molecule has 1 aliphatic heterocycles. The van der Waals surface area contributed by atoms with Gasteiger partial charge < -0.3 is 5.32 Å². The summed E-state index contributed by atoms with van der Waals surface area (Å²) in [5, 5.41) is 13.3. The predicted octanol–water partition coefficient (Wildman–Crippen LogP) is 0.683. The van der Waals surface area contributed by atoms with Gasteiger partial charge in [-0.2, -0.15) is 0 Å². The van der Waals surface area contributed by atoms with E-state index in [1.807, 2.05) is 0 Å². The Kier molecular flexibility index (Phi) is 1.96. The summed E-state index contributed by atoms with van der Waals surface area (Å²) >= 11 is 3.92. The van der Waals surface area contributed by atoms with E-state index in [1.165, 1.54) is 18.4 Å². The number of nitrogens with zero attached hydrogens (tertiary/aromatic N) is 1. The zero-order valence-corrected chi connectivity index (χ0v) is 5.84. The number of rotatable bonds is 1. The SMILES string of the molecule is O=[N+]([O-])C1=CN[C](S)C=C1. The maximum Gasteiger partial charge on any atom is 0.284 e. The third kappa shape index (κ3) is 1.51. The van der Waals surface area contributed by atoms with Crippen molar-refractivity contribution in [2.24, 2.45) is 0 Å². The number of allylic oxidation sites excluding steroid dienone is 1. The molecule has 0 fully saturated rings. The molecule has 0 spiro atoms. The van der Waals surface area contributed by atoms with Crippen molar-refractivity contribution in [1.29, 1.82) is 0 Å². The molecule has 0 amide bonds. The van der Waals surface area contributed by atoms with Crippen molar-refractivity contribution < 1.29 is 4.92 Å². The average Bonchev–Trinajstić information content (AvgIpc) is 1.88. The Balaban J connectivity index is 2.67. The van der Waals surface area contributed by atoms with Crippen LogP contribution in [0.5, 0.6) is 0 Å². The Hall–Kier alpha value is -0.970. The zero-order chi connectivity index (χ0) is 7.56. The fraction of sp³-hybridized carbons (Fsp3) is 0. The van der Waals surface area contributed by atoms with Crippen molar-refractivity contribution >= 4 is 12.6 Å². The molecule has 0 atom stereocenters. The summed E-state index contributed by atoms with van der Waals surface area (Å²) in [5.74, 6) is 0. The Labute approximate surface area is 63.2 Å². The van der Waals surface area contributed by atoms with Crippen molar-refractivity contribution in [3.8, 4) is 0 Å². The molecule has 10 heavy (non-hydrogen) atoms. The van der Waals surface area contributed by atoms with E-state index in [9.17, 15) is 10.1 Å². The summed E-state index contributed by atoms with van der Waals surface area (Å²) in [4.78, 5) is 9.60. The van der Waals surface area contributed by atoms with Crippen LogP contribution in [0.3, 0.4) is 0 Å². The number of hydrogen-bond acceptors (Lipinski definition) is 4. The quantitative estimate of drug-likeness (QED) is 0.334. The minimum Gasteiger partial charge on any atom is -0.365 e. The predicted molar refractivity (Wildman–Crippen MR) is 39.6 cm³/mol. The highest BCUT2D eigenvalue weighted by atomic mass is 32.1. The lowest BCUT2D eigenvalue weighted by atomic mass is 10.3. The number of thiol groups is 1.